The van der Waals surface area contributed by atoms with Crippen molar-refractivity contribution in [3.05, 3.63) is 0 Å². The first-order valence-electron chi connectivity index (χ1n) is 3.02. The molecule has 1 aliphatic heterocycles. The maximum Gasteiger partial charge on any atom is 0.0558 e. The molecule has 54 valence electrons. The van der Waals surface area contributed by atoms with E-state index >= 15 is 0 Å². The molecule has 1 aliphatic rings. The predicted octanol–water partition coefficient (Wildman–Crippen LogP) is 0.188. The van der Waals surface area contributed by atoms with Crippen molar-refractivity contribution in [2.45, 2.75) is 18.9 Å². The van der Waals surface area contributed by atoms with E-state index in [0.717, 1.165) is 0 Å². The van der Waals surface area contributed by atoms with Gasteiger partial charge in [0.1, 0.15) is 0 Å². The lowest BCUT2D eigenvalue weighted by Gasteiger charge is -2.18. The van der Waals surface area contributed by atoms with E-state index in [1.54, 1.807) is 0 Å². The Kier molecular flexibility index (Phi) is 1.77. The van der Waals surface area contributed by atoms with Crippen molar-refractivity contribution < 1.29 is 9.32 Å². The molecule has 0 bridgehead atoms. The topological polar surface area (TPSA) is 61.2 Å². The highest BCUT2D eigenvalue weighted by molar-refractivity contribution is 7.92. The highest BCUT2D eigenvalue weighted by Crippen LogP contribution is 2.11. The number of aliphatic hydroxyl groups is 1. The molecule has 0 aromatic carbocycles. The Morgan fingerprint density at radius 2 is 1.89 bits per heavy atom. The Balaban J connectivity index is 2.55. The molecule has 0 aromatic rings. The summed E-state index contributed by atoms with van der Waals surface area (Å²) in [7, 11) is -2.28. The van der Waals surface area contributed by atoms with Crippen molar-refractivity contribution in [1.29, 1.82) is 4.78 Å². The van der Waals surface area contributed by atoms with E-state index in [4.69, 9.17) is 9.89 Å². The maximum atomic E-state index is 10.9. The molecule has 3 nitrogen and oxygen atoms in total. The fraction of sp³-hybridized carbons (Fsp3) is 1.00. The quantitative estimate of drug-likeness (QED) is 0.516. The summed E-state index contributed by atoms with van der Waals surface area (Å²) in [4.78, 5) is 0. The normalized spacial score (nSPS) is 44.8. The standard InChI is InChI=1S/C5H11NO2S/c6-9(8)3-1-5(7)2-4-9/h5-7H,1-4H2. The third-order valence-corrected chi connectivity index (χ3v) is 3.35. The monoisotopic (exact) mass is 149 g/mol. The molecule has 0 unspecified atom stereocenters. The number of rotatable bonds is 0. The van der Waals surface area contributed by atoms with Gasteiger partial charge in [-0.2, -0.15) is 0 Å². The molecule has 1 saturated heterocycles. The second-order valence-corrected chi connectivity index (χ2v) is 4.89. The van der Waals surface area contributed by atoms with Crippen LogP contribution in [0.25, 0.3) is 0 Å². The first-order chi connectivity index (χ1) is 4.10. The summed E-state index contributed by atoms with van der Waals surface area (Å²) in [6, 6.07) is 0. The zero-order valence-electron chi connectivity index (χ0n) is 5.17. The summed E-state index contributed by atoms with van der Waals surface area (Å²) >= 11 is 0. The van der Waals surface area contributed by atoms with Crippen molar-refractivity contribution in [3.8, 4) is 0 Å². The Morgan fingerprint density at radius 3 is 2.22 bits per heavy atom. The summed E-state index contributed by atoms with van der Waals surface area (Å²) in [6.07, 6.45) is 0.787. The fourth-order valence-corrected chi connectivity index (χ4v) is 2.41. The zero-order chi connectivity index (χ0) is 6.91. The molecule has 1 rings (SSSR count). The second-order valence-electron chi connectivity index (χ2n) is 2.45. The summed E-state index contributed by atoms with van der Waals surface area (Å²) in [5.74, 6) is 0.766. The van der Waals surface area contributed by atoms with Gasteiger partial charge in [-0.1, -0.05) is 0 Å². The van der Waals surface area contributed by atoms with Crippen LogP contribution >= 0.6 is 0 Å². The van der Waals surface area contributed by atoms with Gasteiger partial charge < -0.3 is 5.11 Å². The van der Waals surface area contributed by atoms with Gasteiger partial charge >= 0.3 is 0 Å². The number of aliphatic hydroxyl groups excluding tert-OH is 1. The first kappa shape index (κ1) is 7.02. The molecule has 0 spiro atoms. The highest BCUT2D eigenvalue weighted by atomic mass is 32.2. The van der Waals surface area contributed by atoms with Crippen LogP contribution in [0, 0.1) is 4.78 Å². The van der Waals surface area contributed by atoms with Gasteiger partial charge in [0.15, 0.2) is 0 Å². The van der Waals surface area contributed by atoms with Crippen LogP contribution in [0.2, 0.25) is 0 Å². The van der Waals surface area contributed by atoms with Crippen molar-refractivity contribution in [2.24, 2.45) is 0 Å². The molecule has 1 heterocycles. The minimum atomic E-state index is -2.28. The number of nitrogens with one attached hydrogen (secondary N) is 1. The van der Waals surface area contributed by atoms with Gasteiger partial charge in [0.05, 0.1) is 6.10 Å². The molecule has 0 saturated carbocycles. The summed E-state index contributed by atoms with van der Waals surface area (Å²) in [5.41, 5.74) is 0. The van der Waals surface area contributed by atoms with E-state index in [0.29, 0.717) is 24.3 Å². The molecule has 0 atom stereocenters. The molecule has 0 aromatic heterocycles. The molecule has 9 heavy (non-hydrogen) atoms. The number of hydrogen-bond donors (Lipinski definition) is 2. The van der Waals surface area contributed by atoms with Gasteiger partial charge in [0, 0.05) is 21.2 Å². The van der Waals surface area contributed by atoms with E-state index in [9.17, 15) is 4.21 Å². The van der Waals surface area contributed by atoms with E-state index in [1.165, 1.54) is 0 Å². The maximum absolute atomic E-state index is 10.9. The van der Waals surface area contributed by atoms with E-state index < -0.39 is 9.73 Å². The van der Waals surface area contributed by atoms with Gasteiger partial charge in [-0.15, -0.1) is 0 Å². The van der Waals surface area contributed by atoms with Crippen LogP contribution in [0.3, 0.4) is 0 Å². The fourth-order valence-electron chi connectivity index (χ4n) is 0.899. The summed E-state index contributed by atoms with van der Waals surface area (Å²) in [6.45, 7) is 0. The smallest absolute Gasteiger partial charge is 0.0558 e. The molecule has 0 amide bonds. The van der Waals surface area contributed by atoms with Crippen molar-refractivity contribution in [1.82, 2.24) is 0 Å². The average molecular weight is 149 g/mol. The molecule has 0 aliphatic carbocycles. The van der Waals surface area contributed by atoms with E-state index in [1.807, 2.05) is 0 Å². The van der Waals surface area contributed by atoms with Crippen LogP contribution in [0.4, 0.5) is 0 Å². The lowest BCUT2D eigenvalue weighted by atomic mass is 10.2. The van der Waals surface area contributed by atoms with Crippen molar-refractivity contribution in [2.75, 3.05) is 11.5 Å². The van der Waals surface area contributed by atoms with E-state index in [2.05, 4.69) is 0 Å². The summed E-state index contributed by atoms with van der Waals surface area (Å²) in [5, 5.41) is 8.93. The average Bonchev–Trinajstić information content (AvgIpc) is 1.78. The van der Waals surface area contributed by atoms with Gasteiger partial charge in [-0.25, -0.2) is 4.21 Å². The van der Waals surface area contributed by atoms with Gasteiger partial charge in [-0.3, -0.25) is 4.78 Å². The van der Waals surface area contributed by atoms with Crippen LogP contribution in [-0.4, -0.2) is 26.9 Å². The van der Waals surface area contributed by atoms with Gasteiger partial charge in [0.25, 0.3) is 0 Å². The van der Waals surface area contributed by atoms with Gasteiger partial charge in [0.2, 0.25) is 0 Å². The Bertz CT molecular complexity index is 171. The molecule has 0 radical (unpaired) electrons. The SMILES string of the molecule is N=S1(=O)CCC(O)CC1. The highest BCUT2D eigenvalue weighted by Gasteiger charge is 2.18. The summed E-state index contributed by atoms with van der Waals surface area (Å²) < 4.78 is 18.0. The zero-order valence-corrected chi connectivity index (χ0v) is 5.99. The van der Waals surface area contributed by atoms with Crippen LogP contribution in [-0.2, 0) is 9.73 Å². The van der Waals surface area contributed by atoms with Gasteiger partial charge in [-0.05, 0) is 12.8 Å². The Morgan fingerprint density at radius 1 is 1.44 bits per heavy atom. The lowest BCUT2D eigenvalue weighted by Crippen LogP contribution is -2.25. The molecular formula is C5H11NO2S. The van der Waals surface area contributed by atoms with Crippen LogP contribution < -0.4 is 0 Å². The van der Waals surface area contributed by atoms with Crippen molar-refractivity contribution >= 4 is 9.73 Å². The largest absolute Gasteiger partial charge is 0.393 e. The second kappa shape index (κ2) is 2.27. The minimum absolute atomic E-state index is 0.301. The lowest BCUT2D eigenvalue weighted by molar-refractivity contribution is 0.164. The predicted molar refractivity (Wildman–Crippen MR) is 35.8 cm³/mol. The Labute approximate surface area is 55.1 Å². The molecular weight excluding hydrogens is 138 g/mol. The molecule has 4 heteroatoms. The first-order valence-corrected chi connectivity index (χ1v) is 4.92. The van der Waals surface area contributed by atoms with Crippen molar-refractivity contribution in [3.63, 3.8) is 0 Å². The molecule has 1 fully saturated rings. The van der Waals surface area contributed by atoms with Crippen LogP contribution in [0.15, 0.2) is 0 Å². The third kappa shape index (κ3) is 1.95. The third-order valence-electron chi connectivity index (χ3n) is 1.56. The minimum Gasteiger partial charge on any atom is -0.393 e. The molecule has 2 N–H and O–H groups in total. The van der Waals surface area contributed by atoms with Crippen LogP contribution in [0.5, 0.6) is 0 Å². The van der Waals surface area contributed by atoms with Crippen LogP contribution in [0.1, 0.15) is 12.8 Å². The number of hydrogen-bond acceptors (Lipinski definition) is 3. The van der Waals surface area contributed by atoms with E-state index in [-0.39, 0.29) is 6.10 Å². The Hall–Kier alpha value is -0.0900.